The third-order valence-corrected chi connectivity index (χ3v) is 4.36. The summed E-state index contributed by atoms with van der Waals surface area (Å²) < 4.78 is 5.32. The highest BCUT2D eigenvalue weighted by Gasteiger charge is 2.25. The van der Waals surface area contributed by atoms with Crippen LogP contribution in [0.5, 0.6) is 0 Å². The Morgan fingerprint density at radius 2 is 2.18 bits per heavy atom. The van der Waals surface area contributed by atoms with Gasteiger partial charge in [0.2, 0.25) is 5.91 Å². The van der Waals surface area contributed by atoms with Crippen LogP contribution >= 0.6 is 0 Å². The molecule has 0 aromatic carbocycles. The zero-order valence-corrected chi connectivity index (χ0v) is 13.6. The second-order valence-electron chi connectivity index (χ2n) is 5.79. The Labute approximate surface area is 133 Å². The molecule has 0 unspecified atom stereocenters. The monoisotopic (exact) mass is 308 g/mol. The molecule has 1 atom stereocenters. The van der Waals surface area contributed by atoms with E-state index in [1.165, 1.54) is 0 Å². The molecule has 0 radical (unpaired) electrons. The summed E-state index contributed by atoms with van der Waals surface area (Å²) in [6.45, 7) is 12.4. The predicted molar refractivity (Wildman–Crippen MR) is 87.9 cm³/mol. The van der Waals surface area contributed by atoms with Gasteiger partial charge in [-0.25, -0.2) is 0 Å². The zero-order chi connectivity index (χ0) is 15.8. The van der Waals surface area contributed by atoms with Crippen molar-refractivity contribution in [2.75, 3.05) is 52.5 Å². The fourth-order valence-corrected chi connectivity index (χ4v) is 3.06. The number of nitrogens with zero attached hydrogens (tertiary/aromatic N) is 4. The molecular weight excluding hydrogens is 280 g/mol. The van der Waals surface area contributed by atoms with Crippen LogP contribution in [0.25, 0.3) is 0 Å². The molecule has 0 saturated carbocycles. The number of carbonyl (C=O) groups excluding carboxylic acids is 1. The maximum atomic E-state index is 12.3. The summed E-state index contributed by atoms with van der Waals surface area (Å²) in [5.41, 5.74) is 0. The molecule has 2 saturated heterocycles. The highest BCUT2D eigenvalue weighted by atomic mass is 16.5. The molecule has 2 aliphatic heterocycles. The van der Waals surface area contributed by atoms with Crippen LogP contribution in [0, 0.1) is 0 Å². The fraction of sp³-hybridized carbons (Fsp3) is 0.750. The summed E-state index contributed by atoms with van der Waals surface area (Å²) in [5.74, 6) is 0.109. The minimum atomic E-state index is 0.109. The molecule has 0 spiro atoms. The second kappa shape index (κ2) is 8.90. The Bertz CT molecular complexity index is 394. The molecule has 2 fully saturated rings. The molecule has 22 heavy (non-hydrogen) atoms. The van der Waals surface area contributed by atoms with Gasteiger partial charge in [0.15, 0.2) is 0 Å². The van der Waals surface area contributed by atoms with Gasteiger partial charge in [0.05, 0.1) is 19.3 Å². The van der Waals surface area contributed by atoms with E-state index in [4.69, 9.17) is 4.74 Å². The highest BCUT2D eigenvalue weighted by Crippen LogP contribution is 2.16. The quantitative estimate of drug-likeness (QED) is 0.414. The van der Waals surface area contributed by atoms with Gasteiger partial charge in [-0.2, -0.15) is 5.10 Å². The number of hydrogen-bond donors (Lipinski definition) is 0. The van der Waals surface area contributed by atoms with Crippen LogP contribution in [-0.4, -0.2) is 86.0 Å². The van der Waals surface area contributed by atoms with Gasteiger partial charge in [-0.1, -0.05) is 6.08 Å². The van der Waals surface area contributed by atoms with Gasteiger partial charge in [0, 0.05) is 52.1 Å². The number of hydrazone groups is 1. The lowest BCUT2D eigenvalue weighted by atomic mass is 10.1. The second-order valence-corrected chi connectivity index (χ2v) is 5.79. The molecular formula is C16H28N4O2. The van der Waals surface area contributed by atoms with E-state index in [2.05, 4.69) is 23.6 Å². The van der Waals surface area contributed by atoms with Crippen LogP contribution in [0.1, 0.15) is 19.8 Å². The molecule has 0 aliphatic carbocycles. The minimum absolute atomic E-state index is 0.109. The molecule has 2 rings (SSSR count). The first-order chi connectivity index (χ1) is 10.7. The number of amides is 1. The largest absolute Gasteiger partial charge is 0.379 e. The third kappa shape index (κ3) is 4.81. The summed E-state index contributed by atoms with van der Waals surface area (Å²) >= 11 is 0. The third-order valence-electron chi connectivity index (χ3n) is 4.36. The van der Waals surface area contributed by atoms with Gasteiger partial charge in [0.1, 0.15) is 0 Å². The van der Waals surface area contributed by atoms with Crippen molar-refractivity contribution in [1.29, 1.82) is 0 Å². The van der Waals surface area contributed by atoms with E-state index in [1.807, 2.05) is 16.0 Å². The van der Waals surface area contributed by atoms with Gasteiger partial charge < -0.3 is 9.64 Å². The van der Waals surface area contributed by atoms with Crippen LogP contribution in [0.3, 0.4) is 0 Å². The Hall–Kier alpha value is -1.40. The molecule has 0 bridgehead atoms. The van der Waals surface area contributed by atoms with E-state index < -0.39 is 0 Å². The summed E-state index contributed by atoms with van der Waals surface area (Å²) in [4.78, 5) is 16.5. The van der Waals surface area contributed by atoms with E-state index in [1.54, 1.807) is 6.08 Å². The van der Waals surface area contributed by atoms with Gasteiger partial charge >= 0.3 is 0 Å². The SMILES string of the molecule is C=NN(CC)[C@@H]1CCCN(C(=O)/C=C/CN2CCOCC2)C1. The Morgan fingerprint density at radius 3 is 2.86 bits per heavy atom. The number of carbonyl (C=O) groups is 1. The molecule has 6 nitrogen and oxygen atoms in total. The normalized spacial score (nSPS) is 23.7. The number of likely N-dealkylation sites (N-methyl/N-ethyl adjacent to an activating group) is 1. The maximum absolute atomic E-state index is 12.3. The lowest BCUT2D eigenvalue weighted by Crippen LogP contribution is -2.47. The van der Waals surface area contributed by atoms with Crippen LogP contribution < -0.4 is 0 Å². The lowest BCUT2D eigenvalue weighted by molar-refractivity contribution is -0.128. The number of morpholine rings is 1. The van der Waals surface area contributed by atoms with Crippen LogP contribution in [0.4, 0.5) is 0 Å². The molecule has 0 aromatic rings. The first kappa shape index (κ1) is 17.0. The smallest absolute Gasteiger partial charge is 0.246 e. The van der Waals surface area contributed by atoms with Crippen molar-refractivity contribution < 1.29 is 9.53 Å². The summed E-state index contributed by atoms with van der Waals surface area (Å²) in [7, 11) is 0. The molecule has 124 valence electrons. The van der Waals surface area contributed by atoms with Gasteiger partial charge in [-0.05, 0) is 19.8 Å². The lowest BCUT2D eigenvalue weighted by Gasteiger charge is -2.37. The standard InChI is InChI=1S/C16H28N4O2/c1-3-20(17-2)15-6-4-9-19(14-15)16(21)7-5-8-18-10-12-22-13-11-18/h5,7,15H,2-4,6,8-14H2,1H3/b7-5+/t15-/m1/s1. The molecule has 6 heteroatoms. The summed E-state index contributed by atoms with van der Waals surface area (Å²) in [5, 5.41) is 6.04. The number of ether oxygens (including phenoxy) is 1. The van der Waals surface area contributed by atoms with Gasteiger partial charge in [-0.3, -0.25) is 14.7 Å². The van der Waals surface area contributed by atoms with E-state index in [-0.39, 0.29) is 5.91 Å². The van der Waals surface area contributed by atoms with Gasteiger partial charge in [0.25, 0.3) is 0 Å². The van der Waals surface area contributed by atoms with Gasteiger partial charge in [-0.15, -0.1) is 0 Å². The molecule has 2 aliphatic rings. The predicted octanol–water partition coefficient (Wildman–Crippen LogP) is 0.803. The van der Waals surface area contributed by atoms with Crippen molar-refractivity contribution in [3.8, 4) is 0 Å². The minimum Gasteiger partial charge on any atom is -0.379 e. The van der Waals surface area contributed by atoms with Crippen molar-refractivity contribution >= 4 is 12.6 Å². The molecule has 0 aromatic heterocycles. The Morgan fingerprint density at radius 1 is 1.41 bits per heavy atom. The van der Waals surface area contributed by atoms with Crippen LogP contribution in [-0.2, 0) is 9.53 Å². The fourth-order valence-electron chi connectivity index (χ4n) is 3.06. The first-order valence-electron chi connectivity index (χ1n) is 8.23. The topological polar surface area (TPSA) is 48.4 Å². The Balaban J connectivity index is 1.79. The summed E-state index contributed by atoms with van der Waals surface area (Å²) in [6, 6.07) is 0.299. The van der Waals surface area contributed by atoms with E-state index in [0.29, 0.717) is 6.04 Å². The molecule has 1 amide bonds. The van der Waals surface area contributed by atoms with Crippen molar-refractivity contribution in [3.63, 3.8) is 0 Å². The van der Waals surface area contributed by atoms with Crippen molar-refractivity contribution in [2.45, 2.75) is 25.8 Å². The number of likely N-dealkylation sites (tertiary alicyclic amines) is 1. The van der Waals surface area contributed by atoms with Crippen molar-refractivity contribution in [2.24, 2.45) is 5.10 Å². The number of rotatable bonds is 6. The zero-order valence-electron chi connectivity index (χ0n) is 13.6. The number of hydrogen-bond acceptors (Lipinski definition) is 5. The molecule has 0 N–H and O–H groups in total. The molecule has 2 heterocycles. The van der Waals surface area contributed by atoms with Crippen LogP contribution in [0.15, 0.2) is 17.3 Å². The summed E-state index contributed by atoms with van der Waals surface area (Å²) in [6.07, 6.45) is 5.80. The average molecular weight is 308 g/mol. The van der Waals surface area contributed by atoms with Crippen molar-refractivity contribution in [3.05, 3.63) is 12.2 Å². The van der Waals surface area contributed by atoms with Crippen LogP contribution in [0.2, 0.25) is 0 Å². The van der Waals surface area contributed by atoms with E-state index >= 15 is 0 Å². The van der Waals surface area contributed by atoms with Crippen molar-refractivity contribution in [1.82, 2.24) is 14.8 Å². The average Bonchev–Trinajstić information content (AvgIpc) is 2.57. The van der Waals surface area contributed by atoms with E-state index in [0.717, 1.165) is 65.3 Å². The Kier molecular flexibility index (Phi) is 6.86. The number of piperidine rings is 1. The van der Waals surface area contributed by atoms with E-state index in [9.17, 15) is 4.79 Å². The first-order valence-corrected chi connectivity index (χ1v) is 8.23. The highest BCUT2D eigenvalue weighted by molar-refractivity contribution is 5.87. The maximum Gasteiger partial charge on any atom is 0.246 e.